The summed E-state index contributed by atoms with van der Waals surface area (Å²) in [6, 6.07) is 29.7. The van der Waals surface area contributed by atoms with Gasteiger partial charge in [-0.2, -0.15) is 22.0 Å². The van der Waals surface area contributed by atoms with Crippen molar-refractivity contribution >= 4 is 17.5 Å². The fourth-order valence-corrected chi connectivity index (χ4v) is 6.50. The first-order valence-electron chi connectivity index (χ1n) is 16.4. The molecule has 0 aliphatic carbocycles. The quantitative estimate of drug-likeness (QED) is 0.116. The lowest BCUT2D eigenvalue weighted by molar-refractivity contribution is -0.209. The normalized spacial score (nSPS) is 18.0. The van der Waals surface area contributed by atoms with Crippen molar-refractivity contribution in [1.82, 2.24) is 10.3 Å². The number of anilines is 2. The number of methoxy groups -OCH3 is 2. The number of ether oxygens (including phenoxy) is 3. The van der Waals surface area contributed by atoms with E-state index in [0.29, 0.717) is 28.2 Å². The van der Waals surface area contributed by atoms with Crippen LogP contribution in [0.3, 0.4) is 0 Å². The monoisotopic (exact) mass is 734 g/mol. The van der Waals surface area contributed by atoms with Gasteiger partial charge >= 0.3 is 12.1 Å². The minimum Gasteiger partial charge on any atom is -0.497 e. The molecule has 2 N–H and O–H groups in total. The highest BCUT2D eigenvalue weighted by Gasteiger charge is 2.67. The molecule has 0 radical (unpaired) electrons. The number of benzene rings is 4. The van der Waals surface area contributed by atoms with E-state index in [-0.39, 0.29) is 17.5 Å². The van der Waals surface area contributed by atoms with Crippen LogP contribution in [-0.2, 0) is 22.0 Å². The van der Waals surface area contributed by atoms with E-state index in [1.165, 1.54) is 40.2 Å². The number of pyridine rings is 1. The lowest BCUT2D eigenvalue weighted by Crippen LogP contribution is -2.64. The molecule has 1 aliphatic rings. The number of aromatic nitrogens is 1. The molecule has 5 aromatic rings. The molecule has 1 unspecified atom stereocenters. The predicted octanol–water partition coefficient (Wildman–Crippen LogP) is 9.60. The summed E-state index contributed by atoms with van der Waals surface area (Å²) in [5.41, 5.74) is -5.90. The Bertz CT molecular complexity index is 2060. The van der Waals surface area contributed by atoms with E-state index >= 15 is 13.2 Å². The molecule has 0 amide bonds. The highest BCUT2D eigenvalue weighted by molar-refractivity contribution is 5.79. The van der Waals surface area contributed by atoms with Crippen LogP contribution in [0.25, 0.3) is 0 Å². The topological polar surface area (TPSA) is 77.0 Å². The van der Waals surface area contributed by atoms with Crippen molar-refractivity contribution in [1.29, 1.82) is 0 Å². The smallest absolute Gasteiger partial charge is 0.433 e. The molecule has 276 valence electrons. The Morgan fingerprint density at radius 3 is 1.81 bits per heavy atom. The number of halogens is 6. The molecule has 0 bridgehead atoms. The number of amidine groups is 1. The van der Waals surface area contributed by atoms with Gasteiger partial charge in [0.05, 0.1) is 14.2 Å². The van der Waals surface area contributed by atoms with E-state index in [1.807, 2.05) is 54.6 Å². The highest BCUT2D eigenvalue weighted by Crippen LogP contribution is 2.53. The van der Waals surface area contributed by atoms with Gasteiger partial charge in [-0.3, -0.25) is 0 Å². The van der Waals surface area contributed by atoms with Crippen molar-refractivity contribution < 1.29 is 40.6 Å². The Hall–Kier alpha value is -5.72. The zero-order valence-electron chi connectivity index (χ0n) is 29.4. The molecule has 1 aliphatic heterocycles. The second-order valence-electron chi connectivity index (χ2n) is 13.1. The lowest BCUT2D eigenvalue weighted by atomic mass is 9.76. The number of alkyl halides is 5. The Kier molecular flexibility index (Phi) is 9.56. The fraction of sp³-hybridized carbons (Fsp3) is 0.250. The summed E-state index contributed by atoms with van der Waals surface area (Å²) in [5.74, 6) is -3.92. The third-order valence-electron chi connectivity index (χ3n) is 9.39. The van der Waals surface area contributed by atoms with Crippen molar-refractivity contribution in [2.24, 2.45) is 4.99 Å². The van der Waals surface area contributed by atoms with E-state index < -0.39 is 45.9 Å². The van der Waals surface area contributed by atoms with Crippen LogP contribution >= 0.6 is 0 Å². The third-order valence-corrected chi connectivity index (χ3v) is 9.39. The van der Waals surface area contributed by atoms with Gasteiger partial charge in [-0.25, -0.2) is 14.4 Å². The summed E-state index contributed by atoms with van der Waals surface area (Å²) in [6.45, 7) is 3.45. The van der Waals surface area contributed by atoms with Gasteiger partial charge in [0, 0.05) is 11.3 Å². The maximum Gasteiger partial charge on any atom is 0.433 e. The number of aliphatic imine (C=N–C) groups is 1. The summed E-state index contributed by atoms with van der Waals surface area (Å²) in [4.78, 5) is 8.05. The highest BCUT2D eigenvalue weighted by atomic mass is 19.4. The Balaban J connectivity index is 1.53. The number of rotatable bonds is 9. The summed E-state index contributed by atoms with van der Waals surface area (Å²) in [6.07, 6.45) is -4.72. The molecule has 4 aromatic carbocycles. The number of nitrogens with one attached hydrogen (secondary N) is 2. The van der Waals surface area contributed by atoms with E-state index in [9.17, 15) is 13.2 Å². The Morgan fingerprint density at radius 1 is 0.698 bits per heavy atom. The minimum atomic E-state index is -4.72. The molecular weight excluding hydrogens is 698 g/mol. The predicted molar refractivity (Wildman–Crippen MR) is 189 cm³/mol. The van der Waals surface area contributed by atoms with Crippen LogP contribution in [0.5, 0.6) is 11.5 Å². The van der Waals surface area contributed by atoms with E-state index in [1.54, 1.807) is 24.3 Å². The summed E-state index contributed by atoms with van der Waals surface area (Å²) in [5, 5.41) is 6.05. The van der Waals surface area contributed by atoms with Crippen LogP contribution in [0.1, 0.15) is 48.7 Å². The molecule has 1 atom stereocenters. The molecule has 0 spiro atoms. The SMILES string of the molecule is COc1ccc(C(NC2=NC(C)(c3cc(Nc4cccc(C(F)(F)F)n4)ccc3F)C(F)(F)C(C)(C)O2)(c2ccccc2)c2ccc(OC)cc2)cc1. The summed E-state index contributed by atoms with van der Waals surface area (Å²) < 4.78 is 106. The maximum absolute atomic E-state index is 16.8. The van der Waals surface area contributed by atoms with Gasteiger partial charge in [0.2, 0.25) is 0 Å². The van der Waals surface area contributed by atoms with Crippen LogP contribution in [-0.4, -0.2) is 36.7 Å². The first-order valence-corrected chi connectivity index (χ1v) is 16.4. The standard InChI is InChI=1S/C40H36F6N4O3/c1-36(2)40(45,46)37(3,31-24-28(18-23-32(31)41)47-34-13-9-12-33(48-34)39(42,43)44)49-35(53-36)50-38(25-10-7-6-8-11-25,26-14-19-29(51-4)20-15-26)27-16-21-30(52-5)22-17-27/h6-24H,1-5H3,(H,47,48)(H,49,50). The molecule has 6 rings (SSSR count). The van der Waals surface area contributed by atoms with Crippen molar-refractivity contribution in [3.8, 4) is 11.5 Å². The van der Waals surface area contributed by atoms with Gasteiger partial charge in [0.1, 0.15) is 34.4 Å². The number of hydrogen-bond acceptors (Lipinski definition) is 7. The first kappa shape index (κ1) is 37.1. The zero-order chi connectivity index (χ0) is 38.2. The van der Waals surface area contributed by atoms with Crippen molar-refractivity contribution in [2.45, 2.75) is 49.5 Å². The van der Waals surface area contributed by atoms with Gasteiger partial charge in [-0.15, -0.1) is 0 Å². The van der Waals surface area contributed by atoms with Gasteiger partial charge in [-0.05, 0) is 92.1 Å². The van der Waals surface area contributed by atoms with Crippen LogP contribution in [0, 0.1) is 5.82 Å². The molecule has 1 aromatic heterocycles. The minimum absolute atomic E-state index is 0.00866. The second-order valence-corrected chi connectivity index (χ2v) is 13.1. The van der Waals surface area contributed by atoms with Gasteiger partial charge in [0.15, 0.2) is 11.1 Å². The molecule has 2 heterocycles. The molecule has 0 saturated heterocycles. The van der Waals surface area contributed by atoms with Gasteiger partial charge in [0.25, 0.3) is 6.02 Å². The van der Waals surface area contributed by atoms with Crippen LogP contribution < -0.4 is 20.1 Å². The molecule has 0 saturated carbocycles. The average molecular weight is 735 g/mol. The molecular formula is C40H36F6N4O3. The fourth-order valence-electron chi connectivity index (χ4n) is 6.50. The van der Waals surface area contributed by atoms with Crippen molar-refractivity contribution in [3.05, 3.63) is 149 Å². The Labute approximate surface area is 302 Å². The lowest BCUT2D eigenvalue weighted by Gasteiger charge is -2.49. The summed E-state index contributed by atoms with van der Waals surface area (Å²) in [7, 11) is 3.07. The maximum atomic E-state index is 16.8. The third kappa shape index (κ3) is 6.71. The molecule has 13 heteroatoms. The molecule has 53 heavy (non-hydrogen) atoms. The van der Waals surface area contributed by atoms with E-state index in [0.717, 1.165) is 31.2 Å². The molecule has 0 fully saturated rings. The van der Waals surface area contributed by atoms with Crippen molar-refractivity contribution in [2.75, 3.05) is 19.5 Å². The van der Waals surface area contributed by atoms with Crippen LogP contribution in [0.15, 0.2) is 120 Å². The Morgan fingerprint density at radius 2 is 1.26 bits per heavy atom. The number of nitrogens with zero attached hydrogens (tertiary/aromatic N) is 2. The van der Waals surface area contributed by atoms with Crippen molar-refractivity contribution in [3.63, 3.8) is 0 Å². The van der Waals surface area contributed by atoms with E-state index in [2.05, 4.69) is 20.6 Å². The molecule has 7 nitrogen and oxygen atoms in total. The average Bonchev–Trinajstić information content (AvgIpc) is 3.14. The van der Waals surface area contributed by atoms with Gasteiger partial charge in [-0.1, -0.05) is 60.7 Å². The van der Waals surface area contributed by atoms with E-state index in [4.69, 9.17) is 14.2 Å². The second kappa shape index (κ2) is 13.7. The first-order chi connectivity index (χ1) is 25.0. The summed E-state index contributed by atoms with van der Waals surface area (Å²) >= 11 is 0. The van der Waals surface area contributed by atoms with Crippen LogP contribution in [0.4, 0.5) is 37.8 Å². The largest absolute Gasteiger partial charge is 0.497 e. The number of hydrogen-bond donors (Lipinski definition) is 2. The zero-order valence-corrected chi connectivity index (χ0v) is 29.4. The van der Waals surface area contributed by atoms with Crippen LogP contribution in [0.2, 0.25) is 0 Å². The van der Waals surface area contributed by atoms with Gasteiger partial charge < -0.3 is 24.8 Å².